The van der Waals surface area contributed by atoms with E-state index in [0.717, 1.165) is 45.8 Å². The average molecular weight is 319 g/mol. The third-order valence-electron chi connectivity index (χ3n) is 4.32. The third-order valence-corrected chi connectivity index (χ3v) is 4.32. The van der Waals surface area contributed by atoms with Gasteiger partial charge >= 0.3 is 0 Å². The van der Waals surface area contributed by atoms with E-state index >= 15 is 0 Å². The van der Waals surface area contributed by atoms with E-state index in [-0.39, 0.29) is 0 Å². The van der Waals surface area contributed by atoms with Crippen molar-refractivity contribution in [2.24, 2.45) is 0 Å². The van der Waals surface area contributed by atoms with Crippen LogP contribution in [0.1, 0.15) is 24.8 Å². The van der Waals surface area contributed by atoms with Gasteiger partial charge in [0, 0.05) is 45.1 Å². The first-order valence-corrected chi connectivity index (χ1v) is 9.03. The first-order valence-electron chi connectivity index (χ1n) is 9.03. The van der Waals surface area contributed by atoms with Crippen molar-refractivity contribution in [1.82, 2.24) is 10.2 Å². The Morgan fingerprint density at radius 3 is 2.35 bits per heavy atom. The van der Waals surface area contributed by atoms with E-state index in [1.165, 1.54) is 37.1 Å². The summed E-state index contributed by atoms with van der Waals surface area (Å²) in [5.74, 6) is 0. The molecule has 0 unspecified atom stereocenters. The number of nitrogens with zero attached hydrogens (tertiary/aromatic N) is 2. The van der Waals surface area contributed by atoms with Gasteiger partial charge in [-0.15, -0.1) is 0 Å². The largest absolute Gasteiger partial charge is 0.381 e. The van der Waals surface area contributed by atoms with Crippen LogP contribution in [0.3, 0.4) is 0 Å². The highest BCUT2D eigenvalue weighted by Gasteiger charge is 2.08. The molecule has 23 heavy (non-hydrogen) atoms. The van der Waals surface area contributed by atoms with Crippen LogP contribution in [0.15, 0.2) is 24.3 Å². The maximum Gasteiger partial charge on any atom is 0.0466 e. The van der Waals surface area contributed by atoms with Crippen molar-refractivity contribution in [2.75, 3.05) is 64.9 Å². The molecular formula is C19H33N3O. The number of anilines is 1. The molecule has 1 aromatic rings. The number of hydrogen-bond donors (Lipinski definition) is 1. The van der Waals surface area contributed by atoms with E-state index in [0.29, 0.717) is 0 Å². The molecule has 1 N–H and O–H groups in total. The standard InChI is InChI=1S/C15H25N3.C4H8O/c1-17(2)12-8-14-4-6-15(7-5-14)18-11-3-9-16-10-13-18;1-2-4-5-3-1/h4-7,16H,3,8-13H2,1-2H3;1-4H2. The summed E-state index contributed by atoms with van der Waals surface area (Å²) in [6.07, 6.45) is 4.93. The van der Waals surface area contributed by atoms with Crippen LogP contribution in [-0.4, -0.2) is 64.9 Å². The number of benzene rings is 1. The van der Waals surface area contributed by atoms with Crippen molar-refractivity contribution in [3.63, 3.8) is 0 Å². The van der Waals surface area contributed by atoms with Gasteiger partial charge in [-0.2, -0.15) is 0 Å². The fraction of sp³-hybridized carbons (Fsp3) is 0.684. The zero-order chi connectivity index (χ0) is 16.3. The molecule has 2 fully saturated rings. The molecule has 0 aromatic heterocycles. The second-order valence-electron chi connectivity index (χ2n) is 6.63. The Kier molecular flexibility index (Phi) is 8.43. The van der Waals surface area contributed by atoms with Crippen LogP contribution in [0.5, 0.6) is 0 Å². The van der Waals surface area contributed by atoms with Crippen molar-refractivity contribution in [3.8, 4) is 0 Å². The normalized spacial score (nSPS) is 18.5. The Morgan fingerprint density at radius 1 is 1.00 bits per heavy atom. The molecule has 2 aliphatic heterocycles. The molecule has 4 nitrogen and oxygen atoms in total. The van der Waals surface area contributed by atoms with Gasteiger partial charge in [-0.05, 0) is 64.0 Å². The third kappa shape index (κ3) is 7.34. The van der Waals surface area contributed by atoms with Crippen molar-refractivity contribution < 1.29 is 4.74 Å². The molecule has 0 amide bonds. The van der Waals surface area contributed by atoms with Crippen LogP contribution in [-0.2, 0) is 11.2 Å². The smallest absolute Gasteiger partial charge is 0.0466 e. The summed E-state index contributed by atoms with van der Waals surface area (Å²) in [4.78, 5) is 4.71. The SMILES string of the molecule is C1CCOC1.CN(C)CCc1ccc(N2CCCNCC2)cc1. The molecule has 3 rings (SSSR count). The molecule has 0 saturated carbocycles. The molecule has 4 heteroatoms. The summed E-state index contributed by atoms with van der Waals surface area (Å²) in [5, 5.41) is 3.44. The number of hydrogen-bond acceptors (Lipinski definition) is 4. The first-order chi connectivity index (χ1) is 11.3. The van der Waals surface area contributed by atoms with E-state index in [1.54, 1.807) is 0 Å². The summed E-state index contributed by atoms with van der Waals surface area (Å²) in [5.41, 5.74) is 2.80. The molecule has 1 aromatic carbocycles. The van der Waals surface area contributed by atoms with Gasteiger partial charge in [0.1, 0.15) is 0 Å². The highest BCUT2D eigenvalue weighted by molar-refractivity contribution is 5.47. The molecule has 0 spiro atoms. The van der Waals surface area contributed by atoms with Gasteiger partial charge in [0.25, 0.3) is 0 Å². The molecule has 2 heterocycles. The summed E-state index contributed by atoms with van der Waals surface area (Å²) in [7, 11) is 4.25. The quantitative estimate of drug-likeness (QED) is 0.922. The fourth-order valence-corrected chi connectivity index (χ4v) is 2.84. The van der Waals surface area contributed by atoms with Gasteiger partial charge < -0.3 is 19.9 Å². The van der Waals surface area contributed by atoms with Gasteiger partial charge in [0.2, 0.25) is 0 Å². The number of rotatable bonds is 4. The van der Waals surface area contributed by atoms with Crippen molar-refractivity contribution in [1.29, 1.82) is 0 Å². The maximum atomic E-state index is 4.94. The second kappa shape index (κ2) is 10.6. The average Bonchev–Trinajstić information content (AvgIpc) is 3.04. The maximum absolute atomic E-state index is 4.94. The number of nitrogens with one attached hydrogen (secondary N) is 1. The highest BCUT2D eigenvalue weighted by Crippen LogP contribution is 2.16. The first kappa shape index (κ1) is 18.2. The van der Waals surface area contributed by atoms with Gasteiger partial charge in [0.05, 0.1) is 0 Å². The summed E-state index contributed by atoms with van der Waals surface area (Å²) >= 11 is 0. The Morgan fingerprint density at radius 2 is 1.74 bits per heavy atom. The van der Waals surface area contributed by atoms with E-state index < -0.39 is 0 Å². The molecule has 0 atom stereocenters. The Balaban J connectivity index is 0.000000326. The highest BCUT2D eigenvalue weighted by atomic mass is 16.5. The van der Waals surface area contributed by atoms with E-state index in [1.807, 2.05) is 0 Å². The minimum Gasteiger partial charge on any atom is -0.381 e. The van der Waals surface area contributed by atoms with Gasteiger partial charge in [-0.1, -0.05) is 12.1 Å². The van der Waals surface area contributed by atoms with Crippen LogP contribution >= 0.6 is 0 Å². The zero-order valence-electron chi connectivity index (χ0n) is 14.9. The summed E-state index contributed by atoms with van der Waals surface area (Å²) in [6, 6.07) is 9.10. The van der Waals surface area contributed by atoms with E-state index in [4.69, 9.17) is 4.74 Å². The van der Waals surface area contributed by atoms with Crippen molar-refractivity contribution in [2.45, 2.75) is 25.7 Å². The fourth-order valence-electron chi connectivity index (χ4n) is 2.84. The van der Waals surface area contributed by atoms with E-state index in [2.05, 4.69) is 53.5 Å². The monoisotopic (exact) mass is 319 g/mol. The van der Waals surface area contributed by atoms with Crippen LogP contribution in [0.25, 0.3) is 0 Å². The lowest BCUT2D eigenvalue weighted by Crippen LogP contribution is -2.27. The topological polar surface area (TPSA) is 27.7 Å². The van der Waals surface area contributed by atoms with Crippen LogP contribution in [0, 0.1) is 0 Å². The predicted molar refractivity (Wildman–Crippen MR) is 98.5 cm³/mol. The summed E-state index contributed by atoms with van der Waals surface area (Å²) in [6.45, 7) is 7.66. The van der Waals surface area contributed by atoms with Gasteiger partial charge in [0.15, 0.2) is 0 Å². The molecule has 2 aliphatic rings. The molecule has 0 bridgehead atoms. The lowest BCUT2D eigenvalue weighted by atomic mass is 10.1. The number of likely N-dealkylation sites (N-methyl/N-ethyl adjacent to an activating group) is 1. The zero-order valence-corrected chi connectivity index (χ0v) is 14.9. The molecule has 0 aliphatic carbocycles. The number of ether oxygens (including phenoxy) is 1. The lowest BCUT2D eigenvalue weighted by molar-refractivity contribution is 0.198. The predicted octanol–water partition coefficient (Wildman–Crippen LogP) is 2.39. The van der Waals surface area contributed by atoms with Crippen LogP contribution < -0.4 is 10.2 Å². The Hall–Kier alpha value is -1.10. The molecule has 2 saturated heterocycles. The Labute approximate surface area is 141 Å². The van der Waals surface area contributed by atoms with Gasteiger partial charge in [-0.3, -0.25) is 0 Å². The van der Waals surface area contributed by atoms with Crippen molar-refractivity contribution >= 4 is 5.69 Å². The van der Waals surface area contributed by atoms with Crippen LogP contribution in [0.2, 0.25) is 0 Å². The summed E-state index contributed by atoms with van der Waals surface area (Å²) < 4.78 is 4.94. The van der Waals surface area contributed by atoms with Crippen LogP contribution in [0.4, 0.5) is 5.69 Å². The minimum atomic E-state index is 1.00. The minimum absolute atomic E-state index is 1.00. The Bertz CT molecular complexity index is 400. The lowest BCUT2D eigenvalue weighted by Gasteiger charge is -2.22. The second-order valence-corrected chi connectivity index (χ2v) is 6.63. The molecule has 0 radical (unpaired) electrons. The van der Waals surface area contributed by atoms with E-state index in [9.17, 15) is 0 Å². The van der Waals surface area contributed by atoms with Gasteiger partial charge in [-0.25, -0.2) is 0 Å². The van der Waals surface area contributed by atoms with Crippen molar-refractivity contribution in [3.05, 3.63) is 29.8 Å². The molecular weight excluding hydrogens is 286 g/mol. The molecule has 130 valence electrons.